The van der Waals surface area contributed by atoms with Crippen molar-refractivity contribution in [1.82, 2.24) is 10.2 Å². The monoisotopic (exact) mass is 289 g/mol. The van der Waals surface area contributed by atoms with Crippen molar-refractivity contribution in [3.05, 3.63) is 35.9 Å². The Bertz CT molecular complexity index is 429. The molecular weight excluding hydrogens is 262 g/mol. The molecule has 1 amide bonds. The van der Waals surface area contributed by atoms with Gasteiger partial charge in [-0.2, -0.15) is 0 Å². The van der Waals surface area contributed by atoms with Crippen molar-refractivity contribution < 1.29 is 4.79 Å². The number of nitrogens with two attached hydrogens (primary N) is 1. The third kappa shape index (κ3) is 4.55. The van der Waals surface area contributed by atoms with Crippen LogP contribution in [0.25, 0.3) is 0 Å². The summed E-state index contributed by atoms with van der Waals surface area (Å²) < 4.78 is 0. The maximum atomic E-state index is 12.4. The molecule has 0 bridgehead atoms. The molecule has 2 rings (SSSR count). The number of likely N-dealkylation sites (tertiary alicyclic amines) is 1. The summed E-state index contributed by atoms with van der Waals surface area (Å²) in [5.74, 6) is -0.215. The zero-order chi connectivity index (χ0) is 15.1. The van der Waals surface area contributed by atoms with E-state index in [1.807, 2.05) is 30.3 Å². The summed E-state index contributed by atoms with van der Waals surface area (Å²) in [5, 5.41) is 3.07. The Balaban J connectivity index is 1.85. The molecule has 0 saturated carbocycles. The molecule has 116 valence electrons. The summed E-state index contributed by atoms with van der Waals surface area (Å²) in [5.41, 5.74) is 6.77. The zero-order valence-electron chi connectivity index (χ0n) is 12.9. The first kappa shape index (κ1) is 16.0. The SMILES string of the molecule is CC(CNC(=O)C(CN)c1ccccc1)N1CCCCC1. The Morgan fingerprint density at radius 3 is 2.52 bits per heavy atom. The van der Waals surface area contributed by atoms with Crippen molar-refractivity contribution in [3.63, 3.8) is 0 Å². The topological polar surface area (TPSA) is 58.4 Å². The number of amides is 1. The van der Waals surface area contributed by atoms with Crippen LogP contribution in [0.5, 0.6) is 0 Å². The summed E-state index contributed by atoms with van der Waals surface area (Å²) in [7, 11) is 0. The minimum atomic E-state index is -0.250. The van der Waals surface area contributed by atoms with Gasteiger partial charge in [-0.3, -0.25) is 9.69 Å². The predicted molar refractivity (Wildman–Crippen MR) is 86.1 cm³/mol. The van der Waals surface area contributed by atoms with Crippen molar-refractivity contribution in [3.8, 4) is 0 Å². The van der Waals surface area contributed by atoms with Crippen LogP contribution in [0.1, 0.15) is 37.7 Å². The van der Waals surface area contributed by atoms with E-state index in [1.54, 1.807) is 0 Å². The van der Waals surface area contributed by atoms with Crippen LogP contribution in [-0.4, -0.2) is 43.0 Å². The highest BCUT2D eigenvalue weighted by Crippen LogP contribution is 2.15. The Morgan fingerprint density at radius 1 is 1.24 bits per heavy atom. The minimum Gasteiger partial charge on any atom is -0.354 e. The van der Waals surface area contributed by atoms with Gasteiger partial charge in [0.2, 0.25) is 5.91 Å². The average Bonchev–Trinajstić information content (AvgIpc) is 2.55. The molecule has 1 aliphatic rings. The van der Waals surface area contributed by atoms with Gasteiger partial charge in [-0.25, -0.2) is 0 Å². The smallest absolute Gasteiger partial charge is 0.228 e. The number of nitrogens with zero attached hydrogens (tertiary/aromatic N) is 1. The molecule has 3 N–H and O–H groups in total. The fourth-order valence-electron chi connectivity index (χ4n) is 2.94. The van der Waals surface area contributed by atoms with Gasteiger partial charge >= 0.3 is 0 Å². The van der Waals surface area contributed by atoms with Crippen molar-refractivity contribution in [1.29, 1.82) is 0 Å². The third-order valence-corrected chi connectivity index (χ3v) is 4.34. The second-order valence-corrected chi connectivity index (χ2v) is 5.89. The van der Waals surface area contributed by atoms with E-state index in [0.717, 1.165) is 18.7 Å². The van der Waals surface area contributed by atoms with Crippen molar-refractivity contribution in [2.75, 3.05) is 26.2 Å². The zero-order valence-corrected chi connectivity index (χ0v) is 12.9. The molecule has 1 aromatic rings. The average molecular weight is 289 g/mol. The third-order valence-electron chi connectivity index (χ3n) is 4.34. The predicted octanol–water partition coefficient (Wildman–Crippen LogP) is 1.72. The molecule has 1 aliphatic heterocycles. The Labute approximate surface area is 127 Å². The molecule has 4 heteroatoms. The van der Waals surface area contributed by atoms with Crippen molar-refractivity contribution in [2.24, 2.45) is 5.73 Å². The van der Waals surface area contributed by atoms with Crippen molar-refractivity contribution >= 4 is 5.91 Å². The molecule has 2 unspecified atom stereocenters. The van der Waals surface area contributed by atoms with Gasteiger partial charge < -0.3 is 11.1 Å². The van der Waals surface area contributed by atoms with E-state index >= 15 is 0 Å². The largest absolute Gasteiger partial charge is 0.354 e. The van der Waals surface area contributed by atoms with Crippen LogP contribution in [0, 0.1) is 0 Å². The molecule has 1 aromatic carbocycles. The molecule has 0 spiro atoms. The first-order chi connectivity index (χ1) is 10.2. The van der Waals surface area contributed by atoms with Crippen molar-refractivity contribution in [2.45, 2.75) is 38.1 Å². The second kappa shape index (κ2) is 8.15. The van der Waals surface area contributed by atoms with Crippen LogP contribution in [0.2, 0.25) is 0 Å². The fraction of sp³-hybridized carbons (Fsp3) is 0.588. The van der Waals surface area contributed by atoms with Gasteiger partial charge in [-0.05, 0) is 38.4 Å². The van der Waals surface area contributed by atoms with Crippen LogP contribution in [0.3, 0.4) is 0 Å². The highest BCUT2D eigenvalue weighted by Gasteiger charge is 2.21. The molecule has 2 atom stereocenters. The second-order valence-electron chi connectivity index (χ2n) is 5.89. The Hall–Kier alpha value is -1.39. The van der Waals surface area contributed by atoms with E-state index in [-0.39, 0.29) is 11.8 Å². The molecule has 0 radical (unpaired) electrons. The van der Waals surface area contributed by atoms with E-state index in [4.69, 9.17) is 5.73 Å². The summed E-state index contributed by atoms with van der Waals surface area (Å²) in [4.78, 5) is 14.8. The number of carbonyl (C=O) groups excluding carboxylic acids is 1. The molecule has 4 nitrogen and oxygen atoms in total. The first-order valence-electron chi connectivity index (χ1n) is 7.99. The Kier molecular flexibility index (Phi) is 6.21. The lowest BCUT2D eigenvalue weighted by molar-refractivity contribution is -0.122. The van der Waals surface area contributed by atoms with E-state index in [2.05, 4.69) is 17.1 Å². The standard InChI is InChI=1S/C17H27N3O/c1-14(20-10-6-3-7-11-20)13-19-17(21)16(12-18)15-8-4-2-5-9-15/h2,4-5,8-9,14,16H,3,6-7,10-13,18H2,1H3,(H,19,21). The summed E-state index contributed by atoms with van der Waals surface area (Å²) in [6.07, 6.45) is 3.88. The molecule has 1 saturated heterocycles. The lowest BCUT2D eigenvalue weighted by Crippen LogP contribution is -2.45. The number of rotatable bonds is 6. The van der Waals surface area contributed by atoms with Gasteiger partial charge in [-0.15, -0.1) is 0 Å². The highest BCUT2D eigenvalue weighted by molar-refractivity contribution is 5.83. The Morgan fingerprint density at radius 2 is 1.90 bits per heavy atom. The van der Waals surface area contributed by atoms with Gasteiger partial charge in [0.1, 0.15) is 0 Å². The van der Waals surface area contributed by atoms with Crippen LogP contribution < -0.4 is 11.1 Å². The van der Waals surface area contributed by atoms with Gasteiger partial charge in [0.25, 0.3) is 0 Å². The molecule has 0 aromatic heterocycles. The van der Waals surface area contributed by atoms with Gasteiger partial charge in [0.15, 0.2) is 0 Å². The normalized spacial score (nSPS) is 19.0. The van der Waals surface area contributed by atoms with Gasteiger partial charge in [0, 0.05) is 19.1 Å². The van der Waals surface area contributed by atoms with E-state index in [0.29, 0.717) is 19.1 Å². The van der Waals surface area contributed by atoms with Gasteiger partial charge in [-0.1, -0.05) is 36.8 Å². The summed E-state index contributed by atoms with van der Waals surface area (Å²) in [6, 6.07) is 10.2. The number of piperidine rings is 1. The van der Waals surface area contributed by atoms with Crippen LogP contribution in [-0.2, 0) is 4.79 Å². The highest BCUT2D eigenvalue weighted by atomic mass is 16.1. The number of benzene rings is 1. The van der Waals surface area contributed by atoms with Crippen LogP contribution in [0.4, 0.5) is 0 Å². The van der Waals surface area contributed by atoms with Crippen LogP contribution >= 0.6 is 0 Å². The molecule has 0 aliphatic carbocycles. The maximum Gasteiger partial charge on any atom is 0.228 e. The lowest BCUT2D eigenvalue weighted by atomic mass is 9.98. The maximum absolute atomic E-state index is 12.4. The number of hydrogen-bond donors (Lipinski definition) is 2. The van der Waals surface area contributed by atoms with Crippen LogP contribution in [0.15, 0.2) is 30.3 Å². The van der Waals surface area contributed by atoms with Gasteiger partial charge in [0.05, 0.1) is 5.92 Å². The molecule has 21 heavy (non-hydrogen) atoms. The van der Waals surface area contributed by atoms with E-state index < -0.39 is 0 Å². The number of nitrogens with one attached hydrogen (secondary N) is 1. The first-order valence-corrected chi connectivity index (χ1v) is 7.99. The quantitative estimate of drug-likeness (QED) is 0.838. The summed E-state index contributed by atoms with van der Waals surface area (Å²) >= 11 is 0. The van der Waals surface area contributed by atoms with E-state index in [1.165, 1.54) is 19.3 Å². The molecule has 1 fully saturated rings. The fourth-order valence-corrected chi connectivity index (χ4v) is 2.94. The molecular formula is C17H27N3O. The van der Waals surface area contributed by atoms with E-state index in [9.17, 15) is 4.79 Å². The molecule has 1 heterocycles. The number of carbonyl (C=O) groups is 1. The number of hydrogen-bond acceptors (Lipinski definition) is 3. The lowest BCUT2D eigenvalue weighted by Gasteiger charge is -2.32. The summed E-state index contributed by atoms with van der Waals surface area (Å²) in [6.45, 7) is 5.52. The minimum absolute atomic E-state index is 0.0348.